The molecule has 0 spiro atoms. The van der Waals surface area contributed by atoms with Crippen LogP contribution in [0.4, 0.5) is 0 Å². The Balaban J connectivity index is 2.03. The van der Waals surface area contributed by atoms with Crippen LogP contribution in [0, 0.1) is 6.92 Å². The maximum Gasteiger partial charge on any atom is 0.212 e. The molecule has 0 N–H and O–H groups in total. The molecule has 2 aromatic rings. The average Bonchev–Trinajstić information content (AvgIpc) is 2.79. The summed E-state index contributed by atoms with van der Waals surface area (Å²) in [7, 11) is 1.67. The van der Waals surface area contributed by atoms with Crippen LogP contribution in [-0.4, -0.2) is 32.9 Å². The summed E-state index contributed by atoms with van der Waals surface area (Å²) in [5.74, 6) is 1.65. The average molecular weight is 274 g/mol. The van der Waals surface area contributed by atoms with E-state index < -0.39 is 0 Å². The van der Waals surface area contributed by atoms with Crippen LogP contribution < -0.4 is 4.74 Å². The summed E-state index contributed by atoms with van der Waals surface area (Å²) in [5.41, 5.74) is 2.13. The summed E-state index contributed by atoms with van der Waals surface area (Å²) in [5, 5.41) is 13.9. The van der Waals surface area contributed by atoms with Crippen molar-refractivity contribution < 1.29 is 4.74 Å². The highest BCUT2D eigenvalue weighted by atomic mass is 32.2. The van der Waals surface area contributed by atoms with Crippen molar-refractivity contribution in [1.29, 1.82) is 0 Å². The van der Waals surface area contributed by atoms with Gasteiger partial charge >= 0.3 is 0 Å². The van der Waals surface area contributed by atoms with Gasteiger partial charge in [-0.1, -0.05) is 11.8 Å². The Hall–Kier alpha value is -1.82. The SMILES string of the molecule is COc1ccc(C2=Nn3c(C)nnc3S[C@H]2C)cc1. The Morgan fingerprint density at radius 1 is 1.21 bits per heavy atom. The van der Waals surface area contributed by atoms with Crippen molar-refractivity contribution in [2.24, 2.45) is 5.10 Å². The van der Waals surface area contributed by atoms with E-state index in [1.807, 2.05) is 31.2 Å². The zero-order chi connectivity index (χ0) is 13.4. The summed E-state index contributed by atoms with van der Waals surface area (Å²) in [6, 6.07) is 7.95. The fourth-order valence-electron chi connectivity index (χ4n) is 1.98. The van der Waals surface area contributed by atoms with Gasteiger partial charge in [-0.25, -0.2) is 0 Å². The molecule has 0 radical (unpaired) electrons. The van der Waals surface area contributed by atoms with Crippen molar-refractivity contribution in [3.8, 4) is 5.75 Å². The van der Waals surface area contributed by atoms with Crippen LogP contribution in [0.5, 0.6) is 5.75 Å². The second-order valence-electron chi connectivity index (χ2n) is 4.32. The van der Waals surface area contributed by atoms with E-state index in [9.17, 15) is 0 Å². The lowest BCUT2D eigenvalue weighted by Crippen LogP contribution is -2.21. The van der Waals surface area contributed by atoms with Gasteiger partial charge in [-0.15, -0.1) is 10.2 Å². The van der Waals surface area contributed by atoms with Gasteiger partial charge in [0, 0.05) is 0 Å². The summed E-state index contributed by atoms with van der Waals surface area (Å²) in [4.78, 5) is 0. The predicted octanol–water partition coefficient (Wildman–Crippen LogP) is 2.34. The first-order chi connectivity index (χ1) is 9.19. The minimum absolute atomic E-state index is 0.254. The van der Waals surface area contributed by atoms with Crippen LogP contribution in [-0.2, 0) is 0 Å². The molecule has 98 valence electrons. The molecular weight excluding hydrogens is 260 g/mol. The lowest BCUT2D eigenvalue weighted by atomic mass is 10.1. The van der Waals surface area contributed by atoms with E-state index in [4.69, 9.17) is 4.74 Å². The number of nitrogens with zero attached hydrogens (tertiary/aromatic N) is 4. The number of fused-ring (bicyclic) bond motifs is 1. The van der Waals surface area contributed by atoms with Gasteiger partial charge in [0.05, 0.1) is 18.1 Å². The maximum atomic E-state index is 5.18. The highest BCUT2D eigenvalue weighted by molar-refractivity contribution is 8.00. The molecule has 0 saturated heterocycles. The smallest absolute Gasteiger partial charge is 0.212 e. The molecule has 1 aliphatic rings. The number of aromatic nitrogens is 3. The summed E-state index contributed by atoms with van der Waals surface area (Å²) >= 11 is 1.67. The van der Waals surface area contributed by atoms with Gasteiger partial charge in [0.15, 0.2) is 5.82 Å². The van der Waals surface area contributed by atoms with E-state index in [0.717, 1.165) is 28.0 Å². The van der Waals surface area contributed by atoms with Gasteiger partial charge < -0.3 is 4.74 Å². The van der Waals surface area contributed by atoms with Crippen LogP contribution in [0.2, 0.25) is 0 Å². The Kier molecular flexibility index (Phi) is 3.02. The largest absolute Gasteiger partial charge is 0.497 e. The topological polar surface area (TPSA) is 52.3 Å². The van der Waals surface area contributed by atoms with Crippen molar-refractivity contribution in [2.75, 3.05) is 7.11 Å². The number of hydrogen-bond acceptors (Lipinski definition) is 5. The number of rotatable bonds is 2. The maximum absolute atomic E-state index is 5.18. The van der Waals surface area contributed by atoms with Gasteiger partial charge in [-0.2, -0.15) is 9.78 Å². The third-order valence-electron chi connectivity index (χ3n) is 3.03. The van der Waals surface area contributed by atoms with Gasteiger partial charge in [0.1, 0.15) is 5.75 Å². The van der Waals surface area contributed by atoms with Gasteiger partial charge in [0.25, 0.3) is 0 Å². The number of aryl methyl sites for hydroxylation is 1. The van der Waals surface area contributed by atoms with Crippen LogP contribution in [0.15, 0.2) is 34.5 Å². The van der Waals surface area contributed by atoms with Crippen LogP contribution in [0.1, 0.15) is 18.3 Å². The molecule has 1 aromatic heterocycles. The molecule has 1 aliphatic heterocycles. The minimum atomic E-state index is 0.254. The number of benzene rings is 1. The second-order valence-corrected chi connectivity index (χ2v) is 5.62. The summed E-state index contributed by atoms with van der Waals surface area (Å²) < 4.78 is 6.97. The second kappa shape index (κ2) is 4.70. The zero-order valence-corrected chi connectivity index (χ0v) is 11.8. The highest BCUT2D eigenvalue weighted by Crippen LogP contribution is 2.30. The van der Waals surface area contributed by atoms with Gasteiger partial charge in [-0.05, 0) is 43.7 Å². The molecule has 0 aliphatic carbocycles. The van der Waals surface area contributed by atoms with Crippen molar-refractivity contribution >= 4 is 17.5 Å². The van der Waals surface area contributed by atoms with Crippen molar-refractivity contribution in [3.63, 3.8) is 0 Å². The standard InChI is InChI=1S/C13H14N4OS/c1-8-12(10-4-6-11(18-3)7-5-10)16-17-9(2)14-15-13(17)19-8/h4-8H,1-3H3/t8-/m0/s1. The Labute approximate surface area is 115 Å². The predicted molar refractivity (Wildman–Crippen MR) is 75.0 cm³/mol. The van der Waals surface area contributed by atoms with Crippen molar-refractivity contribution in [1.82, 2.24) is 14.9 Å². The molecule has 6 heteroatoms. The molecule has 3 rings (SSSR count). The molecule has 2 heterocycles. The van der Waals surface area contributed by atoms with Gasteiger partial charge in [0.2, 0.25) is 5.16 Å². The zero-order valence-electron chi connectivity index (χ0n) is 11.0. The number of methoxy groups -OCH3 is 1. The third-order valence-corrected chi connectivity index (χ3v) is 4.07. The molecule has 0 fully saturated rings. The lowest BCUT2D eigenvalue weighted by molar-refractivity contribution is 0.415. The number of thioether (sulfide) groups is 1. The van der Waals surface area contributed by atoms with E-state index in [0.29, 0.717) is 0 Å². The normalized spacial score (nSPS) is 17.8. The first-order valence-electron chi connectivity index (χ1n) is 6.01. The molecule has 5 nitrogen and oxygen atoms in total. The molecule has 1 aromatic carbocycles. The van der Waals surface area contributed by atoms with E-state index in [1.165, 1.54) is 0 Å². The molecule has 0 bridgehead atoms. The molecule has 19 heavy (non-hydrogen) atoms. The Morgan fingerprint density at radius 2 is 1.95 bits per heavy atom. The monoisotopic (exact) mass is 274 g/mol. The summed E-state index contributed by atoms with van der Waals surface area (Å²) in [6.45, 7) is 4.03. The van der Waals surface area contributed by atoms with E-state index in [1.54, 1.807) is 23.5 Å². The van der Waals surface area contributed by atoms with E-state index >= 15 is 0 Å². The highest BCUT2D eigenvalue weighted by Gasteiger charge is 2.24. The Bertz CT molecular complexity index is 633. The lowest BCUT2D eigenvalue weighted by Gasteiger charge is -2.19. The fraction of sp³-hybridized carbons (Fsp3) is 0.308. The van der Waals surface area contributed by atoms with Crippen LogP contribution in [0.25, 0.3) is 0 Å². The van der Waals surface area contributed by atoms with E-state index in [-0.39, 0.29) is 5.25 Å². The van der Waals surface area contributed by atoms with Gasteiger partial charge in [-0.3, -0.25) is 0 Å². The van der Waals surface area contributed by atoms with Crippen molar-refractivity contribution in [2.45, 2.75) is 24.3 Å². The number of hydrogen-bond donors (Lipinski definition) is 0. The first kappa shape index (κ1) is 12.2. The van der Waals surface area contributed by atoms with Crippen LogP contribution >= 0.6 is 11.8 Å². The first-order valence-corrected chi connectivity index (χ1v) is 6.89. The third kappa shape index (κ3) is 2.12. The van der Waals surface area contributed by atoms with E-state index in [2.05, 4.69) is 22.2 Å². The van der Waals surface area contributed by atoms with Crippen molar-refractivity contribution in [3.05, 3.63) is 35.7 Å². The molecule has 0 saturated carbocycles. The quantitative estimate of drug-likeness (QED) is 0.843. The molecule has 1 atom stereocenters. The Morgan fingerprint density at radius 3 is 2.63 bits per heavy atom. The van der Waals surface area contributed by atoms with Crippen LogP contribution in [0.3, 0.4) is 0 Å². The summed E-state index contributed by atoms with van der Waals surface area (Å²) in [6.07, 6.45) is 0. The molecule has 0 amide bonds. The fourth-order valence-corrected chi connectivity index (χ4v) is 2.96. The number of ether oxygens (including phenoxy) is 1. The minimum Gasteiger partial charge on any atom is -0.497 e. The molecular formula is C13H14N4OS. The molecule has 0 unspecified atom stereocenters.